The number of amides is 1. The first-order valence-corrected chi connectivity index (χ1v) is 6.61. The van der Waals surface area contributed by atoms with Gasteiger partial charge in [-0.1, -0.05) is 13.8 Å². The van der Waals surface area contributed by atoms with E-state index in [1.165, 1.54) is 12.1 Å². The molecule has 5 heteroatoms. The summed E-state index contributed by atoms with van der Waals surface area (Å²) in [7, 11) is 0. The summed E-state index contributed by atoms with van der Waals surface area (Å²) in [6, 6.07) is 4.13. The molecule has 0 fully saturated rings. The molecule has 0 aromatic heterocycles. The molecule has 18 heavy (non-hydrogen) atoms. The lowest BCUT2D eigenvalue weighted by Crippen LogP contribution is -2.39. The highest BCUT2D eigenvalue weighted by Gasteiger charge is 2.17. The molecule has 1 amide bonds. The first-order valence-electron chi connectivity index (χ1n) is 5.82. The molecule has 0 aliphatic heterocycles. The number of hydrogen-bond donors (Lipinski definition) is 2. The third kappa shape index (κ3) is 4.07. The third-order valence-corrected chi connectivity index (χ3v) is 3.39. The summed E-state index contributed by atoms with van der Waals surface area (Å²) in [6.07, 6.45) is 0.489. The number of aliphatic hydroxyl groups excluding tert-OH is 1. The molecule has 0 spiro atoms. The molecule has 3 nitrogen and oxygen atoms in total. The number of halogens is 2. The van der Waals surface area contributed by atoms with Gasteiger partial charge in [-0.3, -0.25) is 4.79 Å². The van der Waals surface area contributed by atoms with Crippen molar-refractivity contribution in [2.45, 2.75) is 26.3 Å². The summed E-state index contributed by atoms with van der Waals surface area (Å²) in [6.45, 7) is 3.93. The summed E-state index contributed by atoms with van der Waals surface area (Å²) < 4.78 is 13.6. The van der Waals surface area contributed by atoms with Crippen molar-refractivity contribution in [3.8, 4) is 0 Å². The van der Waals surface area contributed by atoms with Gasteiger partial charge in [0.15, 0.2) is 0 Å². The first kappa shape index (κ1) is 15.1. The molecular formula is C13H17BrFNO2. The Morgan fingerprint density at radius 1 is 1.50 bits per heavy atom. The van der Waals surface area contributed by atoms with E-state index < -0.39 is 5.82 Å². The number of benzene rings is 1. The van der Waals surface area contributed by atoms with Crippen molar-refractivity contribution < 1.29 is 14.3 Å². The number of aliphatic hydroxyl groups is 1. The molecule has 1 rings (SSSR count). The van der Waals surface area contributed by atoms with Crippen molar-refractivity contribution in [3.05, 3.63) is 34.1 Å². The van der Waals surface area contributed by atoms with Gasteiger partial charge in [-0.15, -0.1) is 0 Å². The van der Waals surface area contributed by atoms with Crippen LogP contribution in [0.2, 0.25) is 0 Å². The van der Waals surface area contributed by atoms with Gasteiger partial charge in [0, 0.05) is 18.2 Å². The van der Waals surface area contributed by atoms with Crippen molar-refractivity contribution in [2.24, 2.45) is 5.92 Å². The number of rotatable bonds is 5. The van der Waals surface area contributed by atoms with Gasteiger partial charge in [-0.05, 0) is 46.5 Å². The molecule has 0 saturated carbocycles. The molecular weight excluding hydrogens is 301 g/mol. The van der Waals surface area contributed by atoms with Crippen LogP contribution in [0.4, 0.5) is 4.39 Å². The molecule has 0 heterocycles. The lowest BCUT2D eigenvalue weighted by molar-refractivity contribution is 0.0916. The van der Waals surface area contributed by atoms with Crippen molar-refractivity contribution in [1.82, 2.24) is 5.32 Å². The second-order valence-electron chi connectivity index (χ2n) is 4.47. The SMILES string of the molecule is CC(C)C(CCO)NC(=O)c1ccc(Br)c(F)c1. The highest BCUT2D eigenvalue weighted by molar-refractivity contribution is 9.10. The third-order valence-electron chi connectivity index (χ3n) is 2.74. The van der Waals surface area contributed by atoms with Gasteiger partial charge in [0.25, 0.3) is 5.91 Å². The minimum absolute atomic E-state index is 0.0117. The number of carbonyl (C=O) groups is 1. The van der Waals surface area contributed by atoms with Gasteiger partial charge in [0.1, 0.15) is 5.82 Å². The quantitative estimate of drug-likeness (QED) is 0.877. The number of hydrogen-bond acceptors (Lipinski definition) is 2. The van der Waals surface area contributed by atoms with Crippen molar-refractivity contribution in [2.75, 3.05) is 6.61 Å². The highest BCUT2D eigenvalue weighted by Crippen LogP contribution is 2.17. The monoisotopic (exact) mass is 317 g/mol. The lowest BCUT2D eigenvalue weighted by atomic mass is 10.0. The van der Waals surface area contributed by atoms with E-state index >= 15 is 0 Å². The standard InChI is InChI=1S/C13H17BrFNO2/c1-8(2)12(5-6-17)16-13(18)9-3-4-10(14)11(15)7-9/h3-4,7-8,12,17H,5-6H2,1-2H3,(H,16,18). The number of nitrogens with one attached hydrogen (secondary N) is 1. The van der Waals surface area contributed by atoms with Gasteiger partial charge in [0.05, 0.1) is 4.47 Å². The van der Waals surface area contributed by atoms with Crippen LogP contribution in [0.25, 0.3) is 0 Å². The zero-order chi connectivity index (χ0) is 13.7. The maximum absolute atomic E-state index is 13.3. The molecule has 100 valence electrons. The molecule has 0 aliphatic rings. The minimum atomic E-state index is -0.467. The predicted octanol–water partition coefficient (Wildman–Crippen LogP) is 2.73. The van der Waals surface area contributed by atoms with E-state index in [0.29, 0.717) is 10.9 Å². The highest BCUT2D eigenvalue weighted by atomic mass is 79.9. The van der Waals surface area contributed by atoms with Crippen molar-refractivity contribution >= 4 is 21.8 Å². The molecule has 1 aromatic carbocycles. The van der Waals surface area contributed by atoms with E-state index in [4.69, 9.17) is 5.11 Å². The summed E-state index contributed by atoms with van der Waals surface area (Å²) in [5.74, 6) is -0.583. The smallest absolute Gasteiger partial charge is 0.251 e. The number of carbonyl (C=O) groups excluding carboxylic acids is 1. The Kier molecular flexibility index (Phi) is 5.75. The fraction of sp³-hybridized carbons (Fsp3) is 0.462. The van der Waals surface area contributed by atoms with Crippen LogP contribution in [0.3, 0.4) is 0 Å². The Labute approximate surface area is 115 Å². The Morgan fingerprint density at radius 2 is 2.17 bits per heavy atom. The van der Waals surface area contributed by atoms with Crippen molar-refractivity contribution in [1.29, 1.82) is 0 Å². The summed E-state index contributed by atoms with van der Waals surface area (Å²) in [5, 5.41) is 11.7. The fourth-order valence-corrected chi connectivity index (χ4v) is 1.85. The minimum Gasteiger partial charge on any atom is -0.396 e. The molecule has 1 unspecified atom stereocenters. The Morgan fingerprint density at radius 3 is 2.67 bits per heavy atom. The van der Waals surface area contributed by atoms with Crippen LogP contribution < -0.4 is 5.32 Å². The van der Waals surface area contributed by atoms with E-state index in [1.807, 2.05) is 13.8 Å². The van der Waals surface area contributed by atoms with Crippen LogP contribution in [0.1, 0.15) is 30.6 Å². The second-order valence-corrected chi connectivity index (χ2v) is 5.32. The van der Waals surface area contributed by atoms with Gasteiger partial charge in [-0.2, -0.15) is 0 Å². The molecule has 1 aromatic rings. The molecule has 0 saturated heterocycles. The lowest BCUT2D eigenvalue weighted by Gasteiger charge is -2.21. The van der Waals surface area contributed by atoms with Crippen LogP contribution in [-0.2, 0) is 0 Å². The van der Waals surface area contributed by atoms with Gasteiger partial charge in [0.2, 0.25) is 0 Å². The Bertz CT molecular complexity index is 423. The maximum atomic E-state index is 13.3. The van der Waals surface area contributed by atoms with Crippen LogP contribution in [0, 0.1) is 11.7 Å². The largest absolute Gasteiger partial charge is 0.396 e. The second kappa shape index (κ2) is 6.85. The molecule has 1 atom stereocenters. The van der Waals surface area contributed by atoms with Crippen LogP contribution >= 0.6 is 15.9 Å². The summed E-state index contributed by atoms with van der Waals surface area (Å²) in [5.41, 5.74) is 0.277. The molecule has 2 N–H and O–H groups in total. The summed E-state index contributed by atoms with van der Waals surface area (Å²) in [4.78, 5) is 11.9. The van der Waals surface area contributed by atoms with E-state index in [-0.39, 0.29) is 30.0 Å². The zero-order valence-electron chi connectivity index (χ0n) is 10.4. The molecule has 0 aliphatic carbocycles. The first-order chi connectivity index (χ1) is 8.45. The van der Waals surface area contributed by atoms with Crippen LogP contribution in [0.15, 0.2) is 22.7 Å². The average molecular weight is 318 g/mol. The molecule has 0 radical (unpaired) electrons. The Hall–Kier alpha value is -0.940. The maximum Gasteiger partial charge on any atom is 0.251 e. The van der Waals surface area contributed by atoms with E-state index in [0.717, 1.165) is 0 Å². The van der Waals surface area contributed by atoms with Crippen molar-refractivity contribution in [3.63, 3.8) is 0 Å². The topological polar surface area (TPSA) is 49.3 Å². The van der Waals surface area contributed by atoms with Gasteiger partial charge < -0.3 is 10.4 Å². The Balaban J connectivity index is 2.77. The van der Waals surface area contributed by atoms with Crippen LogP contribution in [-0.4, -0.2) is 23.7 Å². The summed E-state index contributed by atoms with van der Waals surface area (Å²) >= 11 is 3.04. The van der Waals surface area contributed by atoms with Gasteiger partial charge >= 0.3 is 0 Å². The van der Waals surface area contributed by atoms with Gasteiger partial charge in [-0.25, -0.2) is 4.39 Å². The average Bonchev–Trinajstić information content (AvgIpc) is 2.31. The zero-order valence-corrected chi connectivity index (χ0v) is 12.0. The normalized spacial score (nSPS) is 12.6. The van der Waals surface area contributed by atoms with E-state index in [1.54, 1.807) is 6.07 Å². The van der Waals surface area contributed by atoms with E-state index in [2.05, 4.69) is 21.2 Å². The predicted molar refractivity (Wildman–Crippen MR) is 71.9 cm³/mol. The van der Waals surface area contributed by atoms with Crippen LogP contribution in [0.5, 0.6) is 0 Å². The molecule has 0 bridgehead atoms. The fourth-order valence-electron chi connectivity index (χ4n) is 1.60. The van der Waals surface area contributed by atoms with E-state index in [9.17, 15) is 9.18 Å².